The van der Waals surface area contributed by atoms with Gasteiger partial charge in [0.2, 0.25) is 0 Å². The van der Waals surface area contributed by atoms with Gasteiger partial charge in [-0.25, -0.2) is 0 Å². The van der Waals surface area contributed by atoms with E-state index in [0.29, 0.717) is 0 Å². The van der Waals surface area contributed by atoms with Crippen LogP contribution in [-0.2, 0) is 0 Å². The van der Waals surface area contributed by atoms with Crippen molar-refractivity contribution in [2.24, 2.45) is 0 Å². The molecular formula is C22H25PS. The van der Waals surface area contributed by atoms with Crippen molar-refractivity contribution >= 4 is 34.0 Å². The average Bonchev–Trinajstić information content (AvgIpc) is 2.68. The van der Waals surface area contributed by atoms with Crippen LogP contribution in [0.1, 0.15) is 19.8 Å². The monoisotopic (exact) mass is 352 g/mol. The molecule has 0 amide bonds. The molecule has 0 unspecified atom stereocenters. The number of benzene rings is 3. The third-order valence-electron chi connectivity index (χ3n) is 4.88. The Morgan fingerprint density at radius 2 is 0.958 bits per heavy atom. The van der Waals surface area contributed by atoms with E-state index in [1.54, 1.807) is 0 Å². The molecule has 3 aromatic rings. The molecule has 0 radical (unpaired) electrons. The number of unbranched alkanes of at least 4 members (excludes halogenated alkanes) is 1. The van der Waals surface area contributed by atoms with Gasteiger partial charge in [0.25, 0.3) is 0 Å². The average molecular weight is 352 g/mol. The molecule has 124 valence electrons. The Kier molecular flexibility index (Phi) is 5.13. The molecule has 0 nitrogen and oxygen atoms in total. The van der Waals surface area contributed by atoms with E-state index in [2.05, 4.69) is 97.9 Å². The van der Waals surface area contributed by atoms with E-state index in [9.17, 15) is 0 Å². The van der Waals surface area contributed by atoms with Crippen LogP contribution in [0.3, 0.4) is 0 Å². The maximum atomic E-state index is 5.64. The van der Waals surface area contributed by atoms with Crippen molar-refractivity contribution < 1.29 is 0 Å². The number of rotatable bonds is 6. The van der Waals surface area contributed by atoms with E-state index in [1.807, 2.05) is 0 Å². The maximum absolute atomic E-state index is 5.64. The van der Waals surface area contributed by atoms with E-state index in [4.69, 9.17) is 12.2 Å². The third-order valence-corrected chi connectivity index (χ3v) is 13.0. The Labute approximate surface area is 151 Å². The zero-order chi connectivity index (χ0) is 16.9. The Morgan fingerprint density at radius 1 is 0.625 bits per heavy atom. The summed E-state index contributed by atoms with van der Waals surface area (Å²) in [5.41, 5.74) is 0. The SMILES string of the molecule is CCCCP(S)(c1ccccc1)(c1ccccc1)c1ccccc1. The molecule has 0 atom stereocenters. The quantitative estimate of drug-likeness (QED) is 0.460. The van der Waals surface area contributed by atoms with Crippen molar-refractivity contribution in [2.75, 3.05) is 6.16 Å². The Balaban J connectivity index is 2.37. The predicted octanol–water partition coefficient (Wildman–Crippen LogP) is 5.16. The first-order valence-electron chi connectivity index (χ1n) is 8.63. The van der Waals surface area contributed by atoms with Gasteiger partial charge >= 0.3 is 151 Å². The third kappa shape index (κ3) is 2.81. The number of thiol groups is 1. The Bertz CT molecular complexity index is 669. The van der Waals surface area contributed by atoms with Gasteiger partial charge in [0, 0.05) is 0 Å². The second-order valence-electron chi connectivity index (χ2n) is 6.33. The standard InChI is InChI=1S/C22H25PS/c1-2-3-19-23(24,20-13-7-4-8-14-20,21-15-9-5-10-16-21)22-17-11-6-12-18-22/h4-18,24H,2-3,19H2,1H3. The molecule has 0 spiro atoms. The summed E-state index contributed by atoms with van der Waals surface area (Å²) < 4.78 is 0. The van der Waals surface area contributed by atoms with E-state index in [0.717, 1.165) is 6.16 Å². The second kappa shape index (κ2) is 7.13. The predicted molar refractivity (Wildman–Crippen MR) is 114 cm³/mol. The first-order chi connectivity index (χ1) is 11.7. The molecule has 0 bridgehead atoms. The summed E-state index contributed by atoms with van der Waals surface area (Å²) in [6, 6.07) is 32.7. The summed E-state index contributed by atoms with van der Waals surface area (Å²) in [4.78, 5) is 0. The van der Waals surface area contributed by atoms with Crippen LogP contribution in [0, 0.1) is 0 Å². The van der Waals surface area contributed by atoms with Gasteiger partial charge in [0.15, 0.2) is 0 Å². The minimum atomic E-state index is -2.76. The fourth-order valence-electron chi connectivity index (χ4n) is 3.55. The minimum absolute atomic E-state index is 1.09. The van der Waals surface area contributed by atoms with Crippen LogP contribution in [0.5, 0.6) is 0 Å². The number of hydrogen-bond donors (Lipinski definition) is 1. The molecule has 3 aromatic carbocycles. The zero-order valence-electron chi connectivity index (χ0n) is 14.2. The van der Waals surface area contributed by atoms with Crippen LogP contribution in [0.4, 0.5) is 0 Å². The molecule has 0 aliphatic heterocycles. The zero-order valence-corrected chi connectivity index (χ0v) is 16.0. The van der Waals surface area contributed by atoms with E-state index in [1.165, 1.54) is 28.8 Å². The van der Waals surface area contributed by atoms with Gasteiger partial charge in [-0.1, -0.05) is 0 Å². The van der Waals surface area contributed by atoms with Crippen LogP contribution in [0.2, 0.25) is 0 Å². The van der Waals surface area contributed by atoms with Gasteiger partial charge in [0.05, 0.1) is 0 Å². The Morgan fingerprint density at radius 3 is 1.25 bits per heavy atom. The van der Waals surface area contributed by atoms with Crippen molar-refractivity contribution in [3.8, 4) is 0 Å². The molecule has 2 heteroatoms. The molecule has 0 saturated heterocycles. The second-order valence-corrected chi connectivity index (χ2v) is 13.5. The van der Waals surface area contributed by atoms with Crippen LogP contribution in [0.15, 0.2) is 91.0 Å². The topological polar surface area (TPSA) is 0 Å². The fraction of sp³-hybridized carbons (Fsp3) is 0.182. The summed E-state index contributed by atoms with van der Waals surface area (Å²) in [6.45, 7) is 2.26. The molecule has 3 rings (SSSR count). The van der Waals surface area contributed by atoms with E-state index < -0.39 is 5.81 Å². The van der Waals surface area contributed by atoms with Crippen LogP contribution < -0.4 is 15.9 Å². The van der Waals surface area contributed by atoms with Gasteiger partial charge in [-0.15, -0.1) is 0 Å². The van der Waals surface area contributed by atoms with Gasteiger partial charge < -0.3 is 0 Å². The molecule has 0 saturated carbocycles. The van der Waals surface area contributed by atoms with Gasteiger partial charge in [-0.2, -0.15) is 0 Å². The molecular weight excluding hydrogens is 327 g/mol. The molecule has 24 heavy (non-hydrogen) atoms. The number of hydrogen-bond acceptors (Lipinski definition) is 1. The molecule has 0 aliphatic rings. The van der Waals surface area contributed by atoms with Crippen molar-refractivity contribution in [2.45, 2.75) is 19.8 Å². The van der Waals surface area contributed by atoms with Gasteiger partial charge in [-0.05, 0) is 0 Å². The summed E-state index contributed by atoms with van der Waals surface area (Å²) in [5, 5.41) is 4.08. The summed E-state index contributed by atoms with van der Waals surface area (Å²) >= 11 is 5.64. The molecule has 0 aliphatic carbocycles. The van der Waals surface area contributed by atoms with E-state index >= 15 is 0 Å². The van der Waals surface area contributed by atoms with Gasteiger partial charge in [0.1, 0.15) is 0 Å². The normalized spacial score (nSPS) is 13.2. The first-order valence-corrected chi connectivity index (χ1v) is 12.2. The molecule has 0 aromatic heterocycles. The first kappa shape index (κ1) is 17.3. The summed E-state index contributed by atoms with van der Waals surface area (Å²) in [7, 11) is 0. The van der Waals surface area contributed by atoms with Gasteiger partial charge in [-0.3, -0.25) is 0 Å². The molecule has 0 N–H and O–H groups in total. The molecule has 0 heterocycles. The summed E-state index contributed by atoms with van der Waals surface area (Å²) in [5.74, 6) is -2.76. The van der Waals surface area contributed by atoms with Crippen molar-refractivity contribution in [3.05, 3.63) is 91.0 Å². The fourth-order valence-corrected chi connectivity index (χ4v) is 10.2. The van der Waals surface area contributed by atoms with Crippen LogP contribution >= 0.6 is 18.1 Å². The van der Waals surface area contributed by atoms with Crippen LogP contribution in [0.25, 0.3) is 0 Å². The van der Waals surface area contributed by atoms with E-state index in [-0.39, 0.29) is 0 Å². The van der Waals surface area contributed by atoms with Crippen molar-refractivity contribution in [3.63, 3.8) is 0 Å². The van der Waals surface area contributed by atoms with Crippen molar-refractivity contribution in [1.29, 1.82) is 0 Å². The van der Waals surface area contributed by atoms with Crippen LogP contribution in [-0.4, -0.2) is 6.16 Å². The summed E-state index contributed by atoms with van der Waals surface area (Å²) in [6.07, 6.45) is 3.42. The Hall–Kier alpha value is -1.56. The van der Waals surface area contributed by atoms with Crippen molar-refractivity contribution in [1.82, 2.24) is 0 Å². The molecule has 0 fully saturated rings.